The SMILES string of the molecule is CC(NC(=O)C1NNC(C(C)C)C1Br)c1ccc(S(C)(=O)=O)cc1. The van der Waals surface area contributed by atoms with Crippen LogP contribution in [0.1, 0.15) is 32.4 Å². The van der Waals surface area contributed by atoms with Gasteiger partial charge in [-0.15, -0.1) is 0 Å². The Morgan fingerprint density at radius 3 is 2.21 bits per heavy atom. The molecule has 24 heavy (non-hydrogen) atoms. The first-order valence-electron chi connectivity index (χ1n) is 7.86. The molecule has 0 spiro atoms. The number of benzene rings is 1. The second-order valence-electron chi connectivity index (χ2n) is 6.55. The van der Waals surface area contributed by atoms with Crippen molar-refractivity contribution in [2.24, 2.45) is 5.92 Å². The number of sulfone groups is 1. The van der Waals surface area contributed by atoms with Gasteiger partial charge in [-0.25, -0.2) is 13.8 Å². The summed E-state index contributed by atoms with van der Waals surface area (Å²) in [7, 11) is -3.21. The van der Waals surface area contributed by atoms with Gasteiger partial charge in [0.15, 0.2) is 9.84 Å². The van der Waals surface area contributed by atoms with E-state index in [-0.39, 0.29) is 33.8 Å². The summed E-state index contributed by atoms with van der Waals surface area (Å²) in [5, 5.41) is 2.97. The van der Waals surface area contributed by atoms with Crippen molar-refractivity contribution >= 4 is 31.7 Å². The predicted molar refractivity (Wildman–Crippen MR) is 97.5 cm³/mol. The van der Waals surface area contributed by atoms with Crippen LogP contribution in [0.3, 0.4) is 0 Å². The molecule has 4 unspecified atom stereocenters. The summed E-state index contributed by atoms with van der Waals surface area (Å²) in [5.41, 5.74) is 7.04. The van der Waals surface area contributed by atoms with E-state index in [9.17, 15) is 13.2 Å². The molecule has 0 aromatic heterocycles. The van der Waals surface area contributed by atoms with Crippen LogP contribution in [0.2, 0.25) is 0 Å². The fourth-order valence-electron chi connectivity index (χ4n) is 2.69. The zero-order chi connectivity index (χ0) is 18.1. The number of hydrogen-bond donors (Lipinski definition) is 3. The maximum absolute atomic E-state index is 12.5. The highest BCUT2D eigenvalue weighted by molar-refractivity contribution is 9.09. The van der Waals surface area contributed by atoms with Crippen LogP contribution in [0.4, 0.5) is 0 Å². The Balaban J connectivity index is 2.02. The van der Waals surface area contributed by atoms with Crippen molar-refractivity contribution in [1.82, 2.24) is 16.2 Å². The molecule has 8 heteroatoms. The molecule has 0 radical (unpaired) electrons. The first-order valence-corrected chi connectivity index (χ1v) is 10.7. The largest absolute Gasteiger partial charge is 0.348 e. The van der Waals surface area contributed by atoms with Crippen molar-refractivity contribution in [1.29, 1.82) is 0 Å². The van der Waals surface area contributed by atoms with Crippen LogP contribution in [0.15, 0.2) is 29.2 Å². The van der Waals surface area contributed by atoms with Gasteiger partial charge in [0.05, 0.1) is 15.8 Å². The Hall–Kier alpha value is -0.960. The highest BCUT2D eigenvalue weighted by Crippen LogP contribution is 2.23. The van der Waals surface area contributed by atoms with E-state index in [1.54, 1.807) is 24.3 Å². The average molecular weight is 418 g/mol. The molecule has 1 heterocycles. The minimum Gasteiger partial charge on any atom is -0.348 e. The van der Waals surface area contributed by atoms with E-state index in [2.05, 4.69) is 45.9 Å². The first-order chi connectivity index (χ1) is 11.1. The Morgan fingerprint density at radius 1 is 1.17 bits per heavy atom. The van der Waals surface area contributed by atoms with Gasteiger partial charge in [-0.05, 0) is 30.5 Å². The zero-order valence-electron chi connectivity index (χ0n) is 14.2. The third kappa shape index (κ3) is 4.36. The van der Waals surface area contributed by atoms with Crippen molar-refractivity contribution in [3.8, 4) is 0 Å². The van der Waals surface area contributed by atoms with E-state index in [0.717, 1.165) is 5.56 Å². The van der Waals surface area contributed by atoms with Crippen LogP contribution in [-0.4, -0.2) is 37.5 Å². The van der Waals surface area contributed by atoms with Gasteiger partial charge in [-0.3, -0.25) is 10.2 Å². The van der Waals surface area contributed by atoms with Gasteiger partial charge in [-0.2, -0.15) is 0 Å². The van der Waals surface area contributed by atoms with Crippen LogP contribution in [0.5, 0.6) is 0 Å². The van der Waals surface area contributed by atoms with Gasteiger partial charge in [0.25, 0.3) is 0 Å². The van der Waals surface area contributed by atoms with Gasteiger partial charge in [-0.1, -0.05) is 41.9 Å². The topological polar surface area (TPSA) is 87.3 Å². The van der Waals surface area contributed by atoms with Crippen molar-refractivity contribution in [3.63, 3.8) is 0 Å². The number of amides is 1. The molecule has 1 aliphatic rings. The fourth-order valence-corrected chi connectivity index (χ4v) is 4.43. The number of rotatable bonds is 5. The predicted octanol–water partition coefficient (Wildman–Crippen LogP) is 1.53. The molecule has 0 bridgehead atoms. The van der Waals surface area contributed by atoms with E-state index in [4.69, 9.17) is 0 Å². The zero-order valence-corrected chi connectivity index (χ0v) is 16.6. The smallest absolute Gasteiger partial charge is 0.240 e. The highest BCUT2D eigenvalue weighted by Gasteiger charge is 2.39. The molecule has 1 saturated heterocycles. The maximum Gasteiger partial charge on any atom is 0.240 e. The Kier molecular flexibility index (Phi) is 6.06. The summed E-state index contributed by atoms with van der Waals surface area (Å²) in [6.07, 6.45) is 1.17. The van der Waals surface area contributed by atoms with Crippen LogP contribution >= 0.6 is 15.9 Å². The number of carbonyl (C=O) groups is 1. The molecule has 134 valence electrons. The number of carbonyl (C=O) groups excluding carboxylic acids is 1. The third-order valence-electron chi connectivity index (χ3n) is 4.23. The van der Waals surface area contributed by atoms with E-state index in [1.165, 1.54) is 6.26 Å². The summed E-state index contributed by atoms with van der Waals surface area (Å²) in [5.74, 6) is 0.285. The molecule has 0 saturated carbocycles. The summed E-state index contributed by atoms with van der Waals surface area (Å²) in [6.45, 7) is 6.07. The van der Waals surface area contributed by atoms with Crippen LogP contribution in [-0.2, 0) is 14.6 Å². The molecule has 1 aliphatic heterocycles. The summed E-state index contributed by atoms with van der Waals surface area (Å²) in [6, 6.07) is 6.16. The van der Waals surface area contributed by atoms with Gasteiger partial charge in [0.1, 0.15) is 6.04 Å². The molecule has 6 nitrogen and oxygen atoms in total. The van der Waals surface area contributed by atoms with E-state index in [1.807, 2.05) is 6.92 Å². The van der Waals surface area contributed by atoms with Crippen molar-refractivity contribution in [2.45, 2.75) is 48.6 Å². The van der Waals surface area contributed by atoms with Gasteiger partial charge in [0.2, 0.25) is 5.91 Å². The molecular formula is C16H24BrN3O3S. The van der Waals surface area contributed by atoms with Crippen molar-refractivity contribution in [2.75, 3.05) is 6.26 Å². The lowest BCUT2D eigenvalue weighted by Crippen LogP contribution is -2.46. The molecule has 2 rings (SSSR count). The first kappa shape index (κ1) is 19.4. The number of hydrogen-bond acceptors (Lipinski definition) is 5. The Morgan fingerprint density at radius 2 is 1.75 bits per heavy atom. The fraction of sp³-hybridized carbons (Fsp3) is 0.562. The second-order valence-corrected chi connectivity index (χ2v) is 9.63. The van der Waals surface area contributed by atoms with Crippen LogP contribution < -0.4 is 16.2 Å². The normalized spacial score (nSPS) is 25.7. The third-order valence-corrected chi connectivity index (χ3v) is 6.46. The molecule has 0 aliphatic carbocycles. The number of alkyl halides is 1. The molecule has 1 aromatic rings. The summed E-state index contributed by atoms with van der Waals surface area (Å²) >= 11 is 3.60. The molecule has 3 N–H and O–H groups in total. The number of hydrazine groups is 1. The molecular weight excluding hydrogens is 394 g/mol. The average Bonchev–Trinajstić information content (AvgIpc) is 2.88. The van der Waals surface area contributed by atoms with Crippen LogP contribution in [0.25, 0.3) is 0 Å². The van der Waals surface area contributed by atoms with E-state index >= 15 is 0 Å². The molecule has 1 amide bonds. The molecule has 1 fully saturated rings. The van der Waals surface area contributed by atoms with Crippen molar-refractivity contribution < 1.29 is 13.2 Å². The maximum atomic E-state index is 12.5. The lowest BCUT2D eigenvalue weighted by Gasteiger charge is -2.21. The molecule has 1 aromatic carbocycles. The lowest BCUT2D eigenvalue weighted by atomic mass is 9.99. The van der Waals surface area contributed by atoms with Gasteiger partial charge in [0, 0.05) is 12.3 Å². The lowest BCUT2D eigenvalue weighted by molar-refractivity contribution is -0.123. The Labute approximate surface area is 151 Å². The highest BCUT2D eigenvalue weighted by atomic mass is 79.9. The minimum atomic E-state index is -3.21. The minimum absolute atomic E-state index is 0.00249. The Bertz CT molecular complexity index is 691. The summed E-state index contributed by atoms with van der Waals surface area (Å²) in [4.78, 5) is 12.8. The standard InChI is InChI=1S/C16H24BrN3O3S/c1-9(2)14-13(17)15(20-19-14)16(21)18-10(3)11-5-7-12(8-6-11)24(4,22)23/h5-10,13-15,19-20H,1-4H3,(H,18,21). The van der Waals surface area contributed by atoms with Gasteiger partial charge < -0.3 is 5.32 Å². The molecule has 4 atom stereocenters. The quantitative estimate of drug-likeness (QED) is 0.632. The van der Waals surface area contributed by atoms with Crippen molar-refractivity contribution in [3.05, 3.63) is 29.8 Å². The van der Waals surface area contributed by atoms with E-state index < -0.39 is 9.84 Å². The van der Waals surface area contributed by atoms with Gasteiger partial charge >= 0.3 is 0 Å². The number of nitrogens with one attached hydrogen (secondary N) is 3. The van der Waals surface area contributed by atoms with E-state index in [0.29, 0.717) is 5.92 Å². The van der Waals surface area contributed by atoms with Crippen LogP contribution in [0, 0.1) is 5.92 Å². The second kappa shape index (κ2) is 7.51. The number of halogens is 1. The monoisotopic (exact) mass is 417 g/mol. The summed E-state index contributed by atoms with van der Waals surface area (Å²) < 4.78 is 23.0.